The second-order valence-corrected chi connectivity index (χ2v) is 8.12. The molecular formula is C17H23N3O3S. The Morgan fingerprint density at radius 2 is 2.04 bits per heavy atom. The highest BCUT2D eigenvalue weighted by atomic mass is 32.2. The van der Waals surface area contributed by atoms with E-state index in [1.165, 1.54) is 24.3 Å². The van der Waals surface area contributed by atoms with Crippen LogP contribution in [-0.2, 0) is 10.0 Å². The van der Waals surface area contributed by atoms with Crippen LogP contribution in [0.4, 0.5) is 0 Å². The van der Waals surface area contributed by atoms with E-state index in [9.17, 15) is 13.2 Å². The van der Waals surface area contributed by atoms with Crippen molar-refractivity contribution in [3.8, 4) is 6.07 Å². The second-order valence-electron chi connectivity index (χ2n) is 6.23. The number of hydrogen-bond acceptors (Lipinski definition) is 4. The van der Waals surface area contributed by atoms with Crippen molar-refractivity contribution in [2.24, 2.45) is 5.92 Å². The maximum absolute atomic E-state index is 12.7. The summed E-state index contributed by atoms with van der Waals surface area (Å²) in [6.45, 7) is 4.45. The van der Waals surface area contributed by atoms with Gasteiger partial charge in [0.2, 0.25) is 10.0 Å². The van der Waals surface area contributed by atoms with Gasteiger partial charge in [-0.2, -0.15) is 9.57 Å². The van der Waals surface area contributed by atoms with Crippen LogP contribution in [0.2, 0.25) is 0 Å². The molecule has 130 valence electrons. The van der Waals surface area contributed by atoms with Gasteiger partial charge in [0.15, 0.2) is 0 Å². The van der Waals surface area contributed by atoms with Crippen LogP contribution in [0.25, 0.3) is 0 Å². The minimum absolute atomic E-state index is 0.000746. The highest BCUT2D eigenvalue weighted by Gasteiger charge is 2.30. The summed E-state index contributed by atoms with van der Waals surface area (Å²) in [7, 11) is -3.52. The van der Waals surface area contributed by atoms with Gasteiger partial charge in [0, 0.05) is 24.7 Å². The number of rotatable bonds is 5. The van der Waals surface area contributed by atoms with Crippen LogP contribution < -0.4 is 5.32 Å². The summed E-state index contributed by atoms with van der Waals surface area (Å²) in [5.41, 5.74) is 0.380. The number of amides is 1. The molecule has 1 saturated heterocycles. The molecule has 0 aliphatic carbocycles. The summed E-state index contributed by atoms with van der Waals surface area (Å²) >= 11 is 0. The Morgan fingerprint density at radius 3 is 2.62 bits per heavy atom. The topological polar surface area (TPSA) is 90.3 Å². The number of hydrogen-bond donors (Lipinski definition) is 1. The highest BCUT2D eigenvalue weighted by Crippen LogP contribution is 2.25. The molecule has 1 aromatic rings. The predicted molar refractivity (Wildman–Crippen MR) is 90.8 cm³/mol. The number of piperidine rings is 1. The Kier molecular flexibility index (Phi) is 5.97. The standard InChI is InChI=1S/C17H23N3O3S/c1-13(11-18)12-19-17(21)15-6-8-16(9-7-15)24(22,23)20-10-4-3-5-14(20)2/h6-9,13-14H,3-5,10,12H2,1-2H3,(H,19,21)/t13-,14+/m0/s1. The monoisotopic (exact) mass is 349 g/mol. The van der Waals surface area contributed by atoms with Gasteiger partial charge >= 0.3 is 0 Å². The summed E-state index contributed by atoms with van der Waals surface area (Å²) in [6, 6.07) is 8.00. The van der Waals surface area contributed by atoms with E-state index in [0.717, 1.165) is 19.3 Å². The van der Waals surface area contributed by atoms with Gasteiger partial charge in [-0.25, -0.2) is 8.42 Å². The van der Waals surface area contributed by atoms with Crippen LogP contribution in [0.15, 0.2) is 29.2 Å². The van der Waals surface area contributed by atoms with Gasteiger partial charge in [-0.05, 0) is 51.0 Å². The first-order valence-electron chi connectivity index (χ1n) is 8.16. The molecule has 1 amide bonds. The number of carbonyl (C=O) groups is 1. The van der Waals surface area contributed by atoms with Crippen molar-refractivity contribution in [3.05, 3.63) is 29.8 Å². The molecule has 0 bridgehead atoms. The van der Waals surface area contributed by atoms with Crippen LogP contribution in [0, 0.1) is 17.2 Å². The Balaban J connectivity index is 2.11. The van der Waals surface area contributed by atoms with Crippen molar-refractivity contribution in [3.63, 3.8) is 0 Å². The first-order chi connectivity index (χ1) is 11.4. The van der Waals surface area contributed by atoms with Gasteiger partial charge in [0.25, 0.3) is 5.91 Å². The summed E-state index contributed by atoms with van der Waals surface area (Å²) in [5, 5.41) is 11.4. The van der Waals surface area contributed by atoms with Gasteiger partial charge in [-0.1, -0.05) is 6.42 Å². The van der Waals surface area contributed by atoms with Gasteiger partial charge in [0.1, 0.15) is 0 Å². The number of nitrogens with one attached hydrogen (secondary N) is 1. The summed E-state index contributed by atoms with van der Waals surface area (Å²) < 4.78 is 27.0. The lowest BCUT2D eigenvalue weighted by atomic mass is 10.1. The second kappa shape index (κ2) is 7.77. The Hall–Kier alpha value is -1.91. The lowest BCUT2D eigenvalue weighted by Gasteiger charge is -2.32. The van der Waals surface area contributed by atoms with Crippen LogP contribution in [0.3, 0.4) is 0 Å². The molecule has 0 saturated carbocycles. The Morgan fingerprint density at radius 1 is 1.38 bits per heavy atom. The summed E-state index contributed by atoms with van der Waals surface area (Å²) in [6.07, 6.45) is 2.80. The molecule has 1 aromatic carbocycles. The molecule has 2 atom stereocenters. The van der Waals surface area contributed by atoms with E-state index in [1.807, 2.05) is 13.0 Å². The predicted octanol–water partition coefficient (Wildman–Crippen LogP) is 2.14. The highest BCUT2D eigenvalue weighted by molar-refractivity contribution is 7.89. The lowest BCUT2D eigenvalue weighted by Crippen LogP contribution is -2.41. The molecule has 0 spiro atoms. The van der Waals surface area contributed by atoms with Crippen molar-refractivity contribution in [1.82, 2.24) is 9.62 Å². The quantitative estimate of drug-likeness (QED) is 0.882. The number of nitrogens with zero attached hydrogens (tertiary/aromatic N) is 2. The fraction of sp³-hybridized carbons (Fsp3) is 0.529. The van der Waals surface area contributed by atoms with E-state index in [1.54, 1.807) is 11.2 Å². The number of carbonyl (C=O) groups excluding carboxylic acids is 1. The van der Waals surface area contributed by atoms with Gasteiger partial charge in [0.05, 0.1) is 16.9 Å². The molecule has 6 nitrogen and oxygen atoms in total. The minimum atomic E-state index is -3.52. The third-order valence-corrected chi connectivity index (χ3v) is 6.28. The van der Waals surface area contributed by atoms with Crippen molar-refractivity contribution in [2.75, 3.05) is 13.1 Å². The molecule has 24 heavy (non-hydrogen) atoms. The molecular weight excluding hydrogens is 326 g/mol. The smallest absolute Gasteiger partial charge is 0.251 e. The lowest BCUT2D eigenvalue weighted by molar-refractivity contribution is 0.0950. The molecule has 0 radical (unpaired) electrons. The maximum Gasteiger partial charge on any atom is 0.251 e. The third-order valence-electron chi connectivity index (χ3n) is 4.25. The van der Waals surface area contributed by atoms with E-state index in [2.05, 4.69) is 5.32 Å². The zero-order valence-electron chi connectivity index (χ0n) is 14.0. The number of nitriles is 1. The SMILES string of the molecule is C[C@@H]1CCCCN1S(=O)(=O)c1ccc(C(=O)NC[C@@H](C)C#N)cc1. The third kappa shape index (κ3) is 4.13. The largest absolute Gasteiger partial charge is 0.351 e. The molecule has 0 unspecified atom stereocenters. The van der Waals surface area contributed by atoms with Crippen LogP contribution >= 0.6 is 0 Å². The first-order valence-corrected chi connectivity index (χ1v) is 9.60. The minimum Gasteiger partial charge on any atom is -0.351 e. The maximum atomic E-state index is 12.7. The summed E-state index contributed by atoms with van der Waals surface area (Å²) in [5.74, 6) is -0.582. The number of benzene rings is 1. The zero-order valence-corrected chi connectivity index (χ0v) is 14.8. The van der Waals surface area contributed by atoms with E-state index < -0.39 is 10.0 Å². The molecule has 1 aliphatic heterocycles. The van der Waals surface area contributed by atoms with E-state index in [-0.39, 0.29) is 29.3 Å². The molecule has 1 N–H and O–H groups in total. The average Bonchev–Trinajstić information content (AvgIpc) is 2.59. The zero-order chi connectivity index (χ0) is 17.7. The molecule has 0 aromatic heterocycles. The molecule has 1 heterocycles. The van der Waals surface area contributed by atoms with E-state index in [4.69, 9.17) is 5.26 Å². The van der Waals surface area contributed by atoms with Crippen molar-refractivity contribution < 1.29 is 13.2 Å². The van der Waals surface area contributed by atoms with Gasteiger partial charge in [-0.15, -0.1) is 0 Å². The fourth-order valence-corrected chi connectivity index (χ4v) is 4.44. The van der Waals surface area contributed by atoms with Crippen LogP contribution in [-0.4, -0.2) is 37.8 Å². The normalized spacial score (nSPS) is 20.1. The Labute approximate surface area is 143 Å². The molecule has 7 heteroatoms. The van der Waals surface area contributed by atoms with Crippen molar-refractivity contribution >= 4 is 15.9 Å². The fourth-order valence-electron chi connectivity index (χ4n) is 2.74. The average molecular weight is 349 g/mol. The van der Waals surface area contributed by atoms with Crippen LogP contribution in [0.5, 0.6) is 0 Å². The van der Waals surface area contributed by atoms with Crippen molar-refractivity contribution in [2.45, 2.75) is 44.0 Å². The van der Waals surface area contributed by atoms with Gasteiger partial charge < -0.3 is 5.32 Å². The summed E-state index contributed by atoms with van der Waals surface area (Å²) in [4.78, 5) is 12.2. The van der Waals surface area contributed by atoms with Crippen molar-refractivity contribution in [1.29, 1.82) is 5.26 Å². The first kappa shape index (κ1) is 18.4. The number of sulfonamides is 1. The molecule has 1 fully saturated rings. The molecule has 2 rings (SSSR count). The Bertz CT molecular complexity index is 722. The van der Waals surface area contributed by atoms with Crippen LogP contribution in [0.1, 0.15) is 43.5 Å². The van der Waals surface area contributed by atoms with E-state index >= 15 is 0 Å². The van der Waals surface area contributed by atoms with E-state index in [0.29, 0.717) is 12.1 Å². The van der Waals surface area contributed by atoms with Gasteiger partial charge in [-0.3, -0.25) is 4.79 Å². The molecule has 1 aliphatic rings.